The second-order valence-electron chi connectivity index (χ2n) is 3.20. The van der Waals surface area contributed by atoms with Crippen molar-refractivity contribution in [2.24, 2.45) is 0 Å². The molecule has 7 heteroatoms. The van der Waals surface area contributed by atoms with Gasteiger partial charge in [0, 0.05) is 18.6 Å². The summed E-state index contributed by atoms with van der Waals surface area (Å²) in [5, 5.41) is 4.00. The van der Waals surface area contributed by atoms with E-state index in [1.54, 1.807) is 18.5 Å². The van der Waals surface area contributed by atoms with Gasteiger partial charge in [-0.2, -0.15) is 5.10 Å². The molecular weight excluding hydrogens is 294 g/mol. The van der Waals surface area contributed by atoms with Crippen LogP contribution < -0.4 is 0 Å². The van der Waals surface area contributed by atoms with Gasteiger partial charge in [0.25, 0.3) is 0 Å². The Morgan fingerprint density at radius 1 is 1.44 bits per heavy atom. The summed E-state index contributed by atoms with van der Waals surface area (Å²) in [5.74, 6) is 0.302. The van der Waals surface area contributed by atoms with Crippen LogP contribution in [0.15, 0.2) is 40.1 Å². The molecule has 2 heterocycles. The van der Waals surface area contributed by atoms with Gasteiger partial charge in [0.15, 0.2) is 15.7 Å². The Kier molecular flexibility index (Phi) is 2.81. The lowest BCUT2D eigenvalue weighted by atomic mass is 10.4. The first-order valence-electron chi connectivity index (χ1n) is 4.34. The third kappa shape index (κ3) is 2.14. The largest absolute Gasteiger partial charge is 0.236 e. The van der Waals surface area contributed by atoms with Crippen LogP contribution in [0.1, 0.15) is 0 Å². The fourth-order valence-electron chi connectivity index (χ4n) is 1.26. The third-order valence-corrected chi connectivity index (χ3v) is 3.45. The average Bonchev–Trinajstić information content (AvgIpc) is 2.64. The van der Waals surface area contributed by atoms with E-state index in [1.165, 1.54) is 16.9 Å². The Bertz CT molecular complexity index is 621. The smallest absolute Gasteiger partial charge is 0.179 e. The van der Waals surface area contributed by atoms with Crippen molar-refractivity contribution in [1.29, 1.82) is 0 Å². The minimum absolute atomic E-state index is 0.158. The number of aromatic nitrogens is 3. The molecule has 0 fully saturated rings. The normalized spacial score (nSPS) is 11.6. The molecule has 0 aromatic carbocycles. The summed E-state index contributed by atoms with van der Waals surface area (Å²) in [7, 11) is -3.31. The number of halogens is 1. The number of rotatable bonds is 2. The van der Waals surface area contributed by atoms with Crippen LogP contribution in [0.25, 0.3) is 5.82 Å². The first-order valence-corrected chi connectivity index (χ1v) is 7.02. The molecule has 0 aliphatic rings. The predicted molar refractivity (Wildman–Crippen MR) is 62.2 cm³/mol. The van der Waals surface area contributed by atoms with Gasteiger partial charge in [0.05, 0.1) is 10.7 Å². The van der Waals surface area contributed by atoms with Gasteiger partial charge in [-0.05, 0) is 28.1 Å². The molecule has 0 unspecified atom stereocenters. The summed E-state index contributed by atoms with van der Waals surface area (Å²) in [6, 6.07) is 3.09. The molecule has 2 aromatic heterocycles. The van der Waals surface area contributed by atoms with Crippen LogP contribution in [-0.2, 0) is 9.84 Å². The van der Waals surface area contributed by atoms with E-state index in [-0.39, 0.29) is 4.90 Å². The van der Waals surface area contributed by atoms with Crippen molar-refractivity contribution < 1.29 is 8.42 Å². The highest BCUT2D eigenvalue weighted by Crippen LogP contribution is 2.18. The third-order valence-electron chi connectivity index (χ3n) is 1.92. The van der Waals surface area contributed by atoms with Gasteiger partial charge >= 0.3 is 0 Å². The van der Waals surface area contributed by atoms with E-state index in [0.29, 0.717) is 5.82 Å². The first kappa shape index (κ1) is 11.3. The van der Waals surface area contributed by atoms with Gasteiger partial charge in [0.2, 0.25) is 0 Å². The van der Waals surface area contributed by atoms with Crippen LogP contribution in [-0.4, -0.2) is 29.4 Å². The Labute approximate surface area is 101 Å². The molecule has 2 aromatic rings. The maximum absolute atomic E-state index is 11.5. The Balaban J connectivity index is 2.66. The zero-order chi connectivity index (χ0) is 11.8. The van der Waals surface area contributed by atoms with Gasteiger partial charge in [-0.3, -0.25) is 0 Å². The summed E-state index contributed by atoms with van der Waals surface area (Å²) in [4.78, 5) is 4.19. The van der Waals surface area contributed by atoms with Crippen LogP contribution in [0.3, 0.4) is 0 Å². The summed E-state index contributed by atoms with van der Waals surface area (Å²) >= 11 is 3.24. The summed E-state index contributed by atoms with van der Waals surface area (Å²) < 4.78 is 25.3. The molecule has 0 amide bonds. The van der Waals surface area contributed by atoms with Crippen molar-refractivity contribution >= 4 is 25.8 Å². The van der Waals surface area contributed by atoms with Crippen LogP contribution in [0.2, 0.25) is 0 Å². The molecule has 0 saturated heterocycles. The molecule has 0 spiro atoms. The van der Waals surface area contributed by atoms with E-state index in [1.807, 2.05) is 0 Å². The van der Waals surface area contributed by atoms with E-state index in [4.69, 9.17) is 0 Å². The zero-order valence-corrected chi connectivity index (χ0v) is 10.7. The summed E-state index contributed by atoms with van der Waals surface area (Å²) in [5.41, 5.74) is 0. The molecule has 0 aliphatic heterocycles. The van der Waals surface area contributed by atoms with E-state index in [2.05, 4.69) is 26.0 Å². The Hall–Kier alpha value is -1.21. The molecule has 0 saturated carbocycles. The monoisotopic (exact) mass is 301 g/mol. The number of hydrogen-bond acceptors (Lipinski definition) is 4. The van der Waals surface area contributed by atoms with Crippen molar-refractivity contribution in [3.05, 3.63) is 35.2 Å². The molecule has 0 bridgehead atoms. The molecule has 0 atom stereocenters. The fourth-order valence-corrected chi connectivity index (χ4v) is 2.35. The van der Waals surface area contributed by atoms with Crippen molar-refractivity contribution in [3.63, 3.8) is 0 Å². The maximum Gasteiger partial charge on any atom is 0.179 e. The van der Waals surface area contributed by atoms with Gasteiger partial charge in [-0.1, -0.05) is 0 Å². The lowest BCUT2D eigenvalue weighted by Gasteiger charge is -2.05. The predicted octanol–water partition coefficient (Wildman–Crippen LogP) is 1.43. The minimum Gasteiger partial charge on any atom is -0.236 e. The highest BCUT2D eigenvalue weighted by molar-refractivity contribution is 9.10. The highest BCUT2D eigenvalue weighted by atomic mass is 79.9. The van der Waals surface area contributed by atoms with Crippen molar-refractivity contribution in [2.45, 2.75) is 4.90 Å². The number of pyridine rings is 1. The van der Waals surface area contributed by atoms with Gasteiger partial charge < -0.3 is 0 Å². The highest BCUT2D eigenvalue weighted by Gasteiger charge is 2.15. The molecule has 84 valence electrons. The summed E-state index contributed by atoms with van der Waals surface area (Å²) in [6.45, 7) is 0. The second-order valence-corrected chi connectivity index (χ2v) is 6.10. The van der Waals surface area contributed by atoms with Crippen LogP contribution in [0.5, 0.6) is 0 Å². The lowest BCUT2D eigenvalue weighted by Crippen LogP contribution is -2.07. The van der Waals surface area contributed by atoms with Crippen molar-refractivity contribution in [3.8, 4) is 5.82 Å². The van der Waals surface area contributed by atoms with Gasteiger partial charge in [0.1, 0.15) is 4.90 Å². The number of nitrogens with zero attached hydrogens (tertiary/aromatic N) is 3. The molecule has 0 radical (unpaired) electrons. The van der Waals surface area contributed by atoms with E-state index in [9.17, 15) is 8.42 Å². The fraction of sp³-hybridized carbons (Fsp3) is 0.111. The standard InChI is InChI=1S/C9H8BrN3O2S/c1-16(14,15)8-3-2-4-11-9(8)13-6-7(10)5-12-13/h2-6H,1H3. The second kappa shape index (κ2) is 3.99. The Morgan fingerprint density at radius 3 is 2.75 bits per heavy atom. The quantitative estimate of drug-likeness (QED) is 0.842. The molecule has 0 N–H and O–H groups in total. The molecular formula is C9H8BrN3O2S. The molecule has 5 nitrogen and oxygen atoms in total. The number of sulfone groups is 1. The SMILES string of the molecule is CS(=O)(=O)c1cccnc1-n1cc(Br)cn1. The lowest BCUT2D eigenvalue weighted by molar-refractivity contribution is 0.600. The molecule has 0 aliphatic carbocycles. The van der Waals surface area contributed by atoms with Gasteiger partial charge in [-0.25, -0.2) is 18.1 Å². The van der Waals surface area contributed by atoms with Gasteiger partial charge in [-0.15, -0.1) is 0 Å². The molecule has 2 rings (SSSR count). The Morgan fingerprint density at radius 2 is 2.19 bits per heavy atom. The van der Waals surface area contributed by atoms with Crippen molar-refractivity contribution in [2.75, 3.05) is 6.26 Å². The van der Waals surface area contributed by atoms with E-state index in [0.717, 1.165) is 10.7 Å². The zero-order valence-electron chi connectivity index (χ0n) is 8.33. The van der Waals surface area contributed by atoms with Crippen LogP contribution in [0.4, 0.5) is 0 Å². The topological polar surface area (TPSA) is 64.8 Å². The first-order chi connectivity index (χ1) is 7.48. The number of hydrogen-bond donors (Lipinski definition) is 0. The average molecular weight is 302 g/mol. The summed E-state index contributed by atoms with van der Waals surface area (Å²) in [6.07, 6.45) is 5.89. The molecule has 16 heavy (non-hydrogen) atoms. The maximum atomic E-state index is 11.5. The van der Waals surface area contributed by atoms with Crippen LogP contribution >= 0.6 is 15.9 Å². The minimum atomic E-state index is -3.31. The van der Waals surface area contributed by atoms with Crippen molar-refractivity contribution in [1.82, 2.24) is 14.8 Å². The van der Waals surface area contributed by atoms with E-state index < -0.39 is 9.84 Å². The van der Waals surface area contributed by atoms with E-state index >= 15 is 0 Å². The van der Waals surface area contributed by atoms with Crippen LogP contribution in [0, 0.1) is 0 Å².